The van der Waals surface area contributed by atoms with Crippen molar-refractivity contribution in [2.24, 2.45) is 29.1 Å². The van der Waals surface area contributed by atoms with E-state index in [1.807, 2.05) is 37.3 Å². The fourth-order valence-corrected chi connectivity index (χ4v) is 5.89. The predicted octanol–water partition coefficient (Wildman–Crippen LogP) is 5.34. The van der Waals surface area contributed by atoms with E-state index in [1.165, 1.54) is 6.42 Å². The number of ether oxygens (including phenoxy) is 2. The number of carbonyl (C=O) groups excluding carboxylic acids is 2. The Kier molecular flexibility index (Phi) is 8.26. The van der Waals surface area contributed by atoms with Gasteiger partial charge in [0, 0.05) is 12.0 Å². The van der Waals surface area contributed by atoms with Gasteiger partial charge in [-0.05, 0) is 48.5 Å². The first kappa shape index (κ1) is 25.7. The molecule has 2 aliphatic rings. The van der Waals surface area contributed by atoms with E-state index < -0.39 is 12.0 Å². The molecule has 5 nitrogen and oxygen atoms in total. The van der Waals surface area contributed by atoms with Crippen molar-refractivity contribution in [3.8, 4) is 0 Å². The molecule has 1 aromatic rings. The number of esters is 2. The summed E-state index contributed by atoms with van der Waals surface area (Å²) in [6.45, 7) is 15.1. The first-order valence-electron chi connectivity index (χ1n) is 12.7. The highest BCUT2D eigenvalue weighted by atomic mass is 16.5. The maximum absolute atomic E-state index is 13.9. The predicted molar refractivity (Wildman–Crippen MR) is 131 cm³/mol. The van der Waals surface area contributed by atoms with Crippen LogP contribution in [0.2, 0.25) is 0 Å². The highest BCUT2D eigenvalue weighted by Crippen LogP contribution is 2.45. The SMILES string of the molecule is CCOC(=O)[C@H]1N[C@@H](C(C)(C)C)[C@H](C(=O)O[C@H]2C[C@@H](C)CC[C@@H]2C(C)C)[C@H]1c1ccccc1. The Morgan fingerprint density at radius 3 is 2.33 bits per heavy atom. The van der Waals surface area contributed by atoms with Crippen molar-refractivity contribution in [1.29, 1.82) is 0 Å². The van der Waals surface area contributed by atoms with Crippen LogP contribution in [0, 0.1) is 29.1 Å². The highest BCUT2D eigenvalue weighted by molar-refractivity contribution is 5.83. The van der Waals surface area contributed by atoms with Gasteiger partial charge in [0.25, 0.3) is 0 Å². The van der Waals surface area contributed by atoms with Crippen LogP contribution in [0.4, 0.5) is 0 Å². The van der Waals surface area contributed by atoms with E-state index in [-0.39, 0.29) is 35.4 Å². The smallest absolute Gasteiger partial charge is 0.323 e. The molecule has 1 aliphatic carbocycles. The summed E-state index contributed by atoms with van der Waals surface area (Å²) in [5.41, 5.74) is 0.726. The van der Waals surface area contributed by atoms with Gasteiger partial charge in [0.1, 0.15) is 12.1 Å². The number of benzene rings is 1. The summed E-state index contributed by atoms with van der Waals surface area (Å²) in [6.07, 6.45) is 3.12. The molecule has 184 valence electrons. The molecule has 3 rings (SSSR count). The third-order valence-electron chi connectivity index (χ3n) is 7.62. The molecule has 0 aromatic heterocycles. The van der Waals surface area contributed by atoms with Gasteiger partial charge in [-0.2, -0.15) is 0 Å². The molecule has 1 aliphatic heterocycles. The van der Waals surface area contributed by atoms with Crippen LogP contribution in [-0.2, 0) is 19.1 Å². The average Bonchev–Trinajstić information content (AvgIpc) is 3.16. The minimum absolute atomic E-state index is 0.0695. The fraction of sp³-hybridized carbons (Fsp3) is 0.714. The van der Waals surface area contributed by atoms with Crippen molar-refractivity contribution in [1.82, 2.24) is 5.32 Å². The first-order chi connectivity index (χ1) is 15.5. The van der Waals surface area contributed by atoms with Crippen molar-refractivity contribution >= 4 is 11.9 Å². The monoisotopic (exact) mass is 457 g/mol. The second-order valence-corrected chi connectivity index (χ2v) is 11.5. The summed E-state index contributed by atoms with van der Waals surface area (Å²) in [6, 6.07) is 9.09. The average molecular weight is 458 g/mol. The van der Waals surface area contributed by atoms with Crippen LogP contribution < -0.4 is 5.32 Å². The molecule has 2 fully saturated rings. The van der Waals surface area contributed by atoms with E-state index in [0.29, 0.717) is 24.4 Å². The zero-order chi connectivity index (χ0) is 24.3. The molecule has 0 spiro atoms. The van der Waals surface area contributed by atoms with Crippen molar-refractivity contribution in [3.05, 3.63) is 35.9 Å². The van der Waals surface area contributed by atoms with E-state index in [2.05, 4.69) is 46.9 Å². The third kappa shape index (κ3) is 5.79. The van der Waals surface area contributed by atoms with E-state index in [0.717, 1.165) is 18.4 Å². The van der Waals surface area contributed by atoms with Gasteiger partial charge in [0.15, 0.2) is 0 Å². The molecule has 0 bridgehead atoms. The number of hydrogen-bond donors (Lipinski definition) is 1. The molecular formula is C28H43NO4. The molecule has 0 unspecified atom stereocenters. The summed E-state index contributed by atoms with van der Waals surface area (Å²) in [5.74, 6) is 0.105. The van der Waals surface area contributed by atoms with Crippen molar-refractivity contribution < 1.29 is 19.1 Å². The van der Waals surface area contributed by atoms with Crippen LogP contribution >= 0.6 is 0 Å². The Morgan fingerprint density at radius 2 is 1.76 bits per heavy atom. The first-order valence-corrected chi connectivity index (χ1v) is 12.7. The zero-order valence-electron chi connectivity index (χ0n) is 21.5. The maximum Gasteiger partial charge on any atom is 0.323 e. The molecule has 33 heavy (non-hydrogen) atoms. The van der Waals surface area contributed by atoms with Gasteiger partial charge >= 0.3 is 11.9 Å². The molecule has 1 N–H and O–H groups in total. The Bertz CT molecular complexity index is 800. The normalized spacial score (nSPS) is 32.5. The molecule has 1 saturated carbocycles. The van der Waals surface area contributed by atoms with E-state index >= 15 is 0 Å². The lowest BCUT2D eigenvalue weighted by Crippen LogP contribution is -2.46. The van der Waals surface area contributed by atoms with Crippen molar-refractivity contribution in [3.63, 3.8) is 0 Å². The molecule has 7 atom stereocenters. The van der Waals surface area contributed by atoms with E-state index in [1.54, 1.807) is 0 Å². The van der Waals surface area contributed by atoms with Crippen molar-refractivity contribution in [2.45, 2.75) is 91.8 Å². The van der Waals surface area contributed by atoms with Gasteiger partial charge in [0.05, 0.1) is 12.5 Å². The van der Waals surface area contributed by atoms with Crippen LogP contribution in [-0.4, -0.2) is 36.7 Å². The van der Waals surface area contributed by atoms with Crippen molar-refractivity contribution in [2.75, 3.05) is 6.61 Å². The molecule has 0 radical (unpaired) electrons. The number of nitrogens with one attached hydrogen (secondary N) is 1. The molecular weight excluding hydrogens is 414 g/mol. The largest absolute Gasteiger partial charge is 0.465 e. The summed E-state index contributed by atoms with van der Waals surface area (Å²) in [4.78, 5) is 26.9. The maximum atomic E-state index is 13.9. The van der Waals surface area contributed by atoms with Gasteiger partial charge in [-0.25, -0.2) is 0 Å². The van der Waals surface area contributed by atoms with Gasteiger partial charge in [-0.1, -0.05) is 78.3 Å². The molecule has 1 aromatic carbocycles. The molecule has 5 heteroatoms. The minimum Gasteiger partial charge on any atom is -0.465 e. The lowest BCUT2D eigenvalue weighted by Gasteiger charge is -2.39. The topological polar surface area (TPSA) is 64.6 Å². The Balaban J connectivity index is 1.98. The van der Waals surface area contributed by atoms with Crippen LogP contribution in [0.1, 0.15) is 79.2 Å². The van der Waals surface area contributed by atoms with Gasteiger partial charge < -0.3 is 9.47 Å². The fourth-order valence-electron chi connectivity index (χ4n) is 5.89. The second-order valence-electron chi connectivity index (χ2n) is 11.5. The van der Waals surface area contributed by atoms with Gasteiger partial charge in [-0.3, -0.25) is 14.9 Å². The van der Waals surface area contributed by atoms with E-state index in [4.69, 9.17) is 9.47 Å². The molecule has 0 amide bonds. The summed E-state index contributed by atoms with van der Waals surface area (Å²) in [5, 5.41) is 3.50. The summed E-state index contributed by atoms with van der Waals surface area (Å²) < 4.78 is 11.8. The van der Waals surface area contributed by atoms with Gasteiger partial charge in [0.2, 0.25) is 0 Å². The summed E-state index contributed by atoms with van der Waals surface area (Å²) in [7, 11) is 0. The molecule has 1 heterocycles. The Morgan fingerprint density at radius 1 is 1.09 bits per heavy atom. The Hall–Kier alpha value is -1.88. The molecule has 1 saturated heterocycles. The Labute approximate surface area is 200 Å². The van der Waals surface area contributed by atoms with E-state index in [9.17, 15) is 9.59 Å². The van der Waals surface area contributed by atoms with Crippen LogP contribution in [0.25, 0.3) is 0 Å². The number of hydrogen-bond acceptors (Lipinski definition) is 5. The standard InChI is InChI=1S/C28H43NO4/c1-8-32-27(31)24-22(19-12-10-9-11-13-19)23(25(29-24)28(5,6)7)26(30)33-21-16-18(4)14-15-20(21)17(2)3/h9-13,17-18,20-25,29H,8,14-16H2,1-7H3/t18-,20+,21-,22+,23+,24-,25+/m0/s1. The second kappa shape index (κ2) is 10.6. The zero-order valence-corrected chi connectivity index (χ0v) is 21.5. The lowest BCUT2D eigenvalue weighted by atomic mass is 9.73. The van der Waals surface area contributed by atoms with Crippen LogP contribution in [0.5, 0.6) is 0 Å². The third-order valence-corrected chi connectivity index (χ3v) is 7.62. The highest BCUT2D eigenvalue weighted by Gasteiger charge is 2.55. The van der Waals surface area contributed by atoms with Crippen LogP contribution in [0.15, 0.2) is 30.3 Å². The lowest BCUT2D eigenvalue weighted by molar-refractivity contribution is -0.163. The van der Waals surface area contributed by atoms with Crippen LogP contribution in [0.3, 0.4) is 0 Å². The minimum atomic E-state index is -0.583. The van der Waals surface area contributed by atoms with Gasteiger partial charge in [-0.15, -0.1) is 0 Å². The number of carbonyl (C=O) groups is 2. The summed E-state index contributed by atoms with van der Waals surface area (Å²) >= 11 is 0. The quantitative estimate of drug-likeness (QED) is 0.584. The number of rotatable bonds is 6.